The zero-order chi connectivity index (χ0) is 21.5. The van der Waals surface area contributed by atoms with Gasteiger partial charge in [0.1, 0.15) is 0 Å². The fraction of sp³-hybridized carbons (Fsp3) is 0.192. The van der Waals surface area contributed by atoms with Crippen molar-refractivity contribution >= 4 is 33.3 Å². The summed E-state index contributed by atoms with van der Waals surface area (Å²) in [6.07, 6.45) is 10.5. The molecule has 6 nitrogen and oxygen atoms in total. The SMILES string of the molecule is Cn1ccc2ccc(-c3cc(NC4CCN(c5cccnc5)C4)cc4nccnc34)cc21. The molecule has 32 heavy (non-hydrogen) atoms. The van der Waals surface area contributed by atoms with Crippen molar-refractivity contribution in [3.8, 4) is 11.1 Å². The van der Waals surface area contributed by atoms with Crippen LogP contribution in [0.3, 0.4) is 0 Å². The molecule has 1 saturated heterocycles. The lowest BCUT2D eigenvalue weighted by molar-refractivity contribution is 0.807. The van der Waals surface area contributed by atoms with Crippen molar-refractivity contribution in [3.05, 3.63) is 79.5 Å². The third-order valence-electron chi connectivity index (χ3n) is 6.34. The quantitative estimate of drug-likeness (QED) is 0.449. The smallest absolute Gasteiger partial charge is 0.0966 e. The Kier molecular flexibility index (Phi) is 4.49. The van der Waals surface area contributed by atoms with E-state index in [-0.39, 0.29) is 0 Å². The molecule has 0 radical (unpaired) electrons. The molecule has 0 bridgehead atoms. The molecular formula is C26H24N6. The number of fused-ring (bicyclic) bond motifs is 2. The molecule has 4 heterocycles. The van der Waals surface area contributed by atoms with E-state index in [4.69, 9.17) is 0 Å². The number of hydrogen-bond acceptors (Lipinski definition) is 5. The number of rotatable bonds is 4. The molecule has 6 rings (SSSR count). The number of benzene rings is 2. The summed E-state index contributed by atoms with van der Waals surface area (Å²) in [5.41, 5.74) is 7.55. The van der Waals surface area contributed by atoms with Crippen molar-refractivity contribution in [2.75, 3.05) is 23.3 Å². The summed E-state index contributed by atoms with van der Waals surface area (Å²) in [6, 6.07) is 17.5. The normalized spacial score (nSPS) is 16.2. The summed E-state index contributed by atoms with van der Waals surface area (Å²) < 4.78 is 2.15. The minimum absolute atomic E-state index is 0.368. The number of pyridine rings is 1. The first-order valence-corrected chi connectivity index (χ1v) is 11.0. The zero-order valence-corrected chi connectivity index (χ0v) is 17.9. The van der Waals surface area contributed by atoms with E-state index in [1.807, 2.05) is 18.5 Å². The van der Waals surface area contributed by atoms with E-state index in [0.29, 0.717) is 6.04 Å². The second-order valence-electron chi connectivity index (χ2n) is 8.44. The molecule has 158 valence electrons. The van der Waals surface area contributed by atoms with Gasteiger partial charge in [-0.3, -0.25) is 15.0 Å². The number of nitrogens with one attached hydrogen (secondary N) is 1. The van der Waals surface area contributed by atoms with Gasteiger partial charge in [-0.25, -0.2) is 0 Å². The number of aromatic nitrogens is 4. The summed E-state index contributed by atoms with van der Waals surface area (Å²) in [4.78, 5) is 15.9. The molecule has 6 heteroatoms. The van der Waals surface area contributed by atoms with Gasteiger partial charge in [-0.1, -0.05) is 12.1 Å². The van der Waals surface area contributed by atoms with Crippen molar-refractivity contribution in [2.24, 2.45) is 7.05 Å². The van der Waals surface area contributed by atoms with Gasteiger partial charge in [0.05, 0.1) is 22.9 Å². The minimum Gasteiger partial charge on any atom is -0.380 e. The van der Waals surface area contributed by atoms with Crippen molar-refractivity contribution in [3.63, 3.8) is 0 Å². The summed E-state index contributed by atoms with van der Waals surface area (Å²) in [5.74, 6) is 0. The van der Waals surface area contributed by atoms with Gasteiger partial charge in [0.2, 0.25) is 0 Å². The van der Waals surface area contributed by atoms with Crippen LogP contribution in [0.2, 0.25) is 0 Å². The third-order valence-corrected chi connectivity index (χ3v) is 6.34. The average Bonchev–Trinajstić information content (AvgIpc) is 3.46. The molecule has 0 aliphatic carbocycles. The highest BCUT2D eigenvalue weighted by Crippen LogP contribution is 2.33. The van der Waals surface area contributed by atoms with Gasteiger partial charge in [0.15, 0.2) is 0 Å². The van der Waals surface area contributed by atoms with Crippen LogP contribution in [-0.4, -0.2) is 38.7 Å². The number of anilines is 2. The minimum atomic E-state index is 0.368. The van der Waals surface area contributed by atoms with E-state index in [1.54, 1.807) is 12.4 Å². The molecule has 1 unspecified atom stereocenters. The first kappa shape index (κ1) is 18.8. The first-order valence-electron chi connectivity index (χ1n) is 11.0. The highest BCUT2D eigenvalue weighted by atomic mass is 15.2. The van der Waals surface area contributed by atoms with Crippen LogP contribution in [0.5, 0.6) is 0 Å². The molecule has 0 amide bonds. The Morgan fingerprint density at radius 2 is 1.94 bits per heavy atom. The maximum absolute atomic E-state index is 4.66. The summed E-state index contributed by atoms with van der Waals surface area (Å²) in [5, 5.41) is 4.99. The molecular weight excluding hydrogens is 396 g/mol. The highest BCUT2D eigenvalue weighted by molar-refractivity contribution is 5.97. The fourth-order valence-electron chi connectivity index (χ4n) is 4.70. The molecule has 1 fully saturated rings. The van der Waals surface area contributed by atoms with Gasteiger partial charge in [0, 0.05) is 67.7 Å². The molecule has 3 aromatic heterocycles. The average molecular weight is 421 g/mol. The van der Waals surface area contributed by atoms with E-state index >= 15 is 0 Å². The molecule has 1 aliphatic rings. The highest BCUT2D eigenvalue weighted by Gasteiger charge is 2.23. The fourth-order valence-corrected chi connectivity index (χ4v) is 4.70. The van der Waals surface area contributed by atoms with Crippen LogP contribution in [0.25, 0.3) is 33.1 Å². The third kappa shape index (κ3) is 3.34. The lowest BCUT2D eigenvalue weighted by Crippen LogP contribution is -2.26. The first-order chi connectivity index (χ1) is 15.7. The summed E-state index contributed by atoms with van der Waals surface area (Å²) in [6.45, 7) is 1.97. The topological polar surface area (TPSA) is 58.9 Å². The van der Waals surface area contributed by atoms with Crippen molar-refractivity contribution in [1.29, 1.82) is 0 Å². The van der Waals surface area contributed by atoms with Crippen LogP contribution < -0.4 is 10.2 Å². The van der Waals surface area contributed by atoms with Gasteiger partial charge in [-0.2, -0.15) is 0 Å². The Morgan fingerprint density at radius 3 is 2.84 bits per heavy atom. The van der Waals surface area contributed by atoms with E-state index in [1.165, 1.54) is 16.6 Å². The van der Waals surface area contributed by atoms with Crippen molar-refractivity contribution < 1.29 is 0 Å². The standard InChI is InChI=1S/C26H24N6/c1-31-11-6-18-4-5-19(13-25(18)31)23-14-21(15-24-26(23)29-10-9-28-24)30-20-7-12-32(17-20)22-3-2-8-27-16-22/h2-6,8-11,13-16,20,30H,7,12,17H2,1H3. The van der Waals surface area contributed by atoms with Crippen LogP contribution >= 0.6 is 0 Å². The van der Waals surface area contributed by atoms with Gasteiger partial charge in [0.25, 0.3) is 0 Å². The van der Waals surface area contributed by atoms with Crippen LogP contribution in [0.4, 0.5) is 11.4 Å². The van der Waals surface area contributed by atoms with E-state index in [9.17, 15) is 0 Å². The largest absolute Gasteiger partial charge is 0.380 e. The molecule has 1 atom stereocenters. The molecule has 2 aromatic carbocycles. The predicted octanol–water partition coefficient (Wildman–Crippen LogP) is 4.87. The van der Waals surface area contributed by atoms with Crippen LogP contribution in [0, 0.1) is 0 Å². The molecule has 0 saturated carbocycles. The van der Waals surface area contributed by atoms with Crippen molar-refractivity contribution in [1.82, 2.24) is 19.5 Å². The second kappa shape index (κ2) is 7.64. The predicted molar refractivity (Wildman–Crippen MR) is 130 cm³/mol. The summed E-state index contributed by atoms with van der Waals surface area (Å²) in [7, 11) is 2.08. The molecule has 0 spiro atoms. The van der Waals surface area contributed by atoms with Crippen LogP contribution in [0.15, 0.2) is 79.5 Å². The van der Waals surface area contributed by atoms with Gasteiger partial charge >= 0.3 is 0 Å². The number of nitrogens with zero attached hydrogens (tertiary/aromatic N) is 5. The molecule has 1 N–H and O–H groups in total. The maximum atomic E-state index is 4.66. The Hall–Kier alpha value is -3.93. The maximum Gasteiger partial charge on any atom is 0.0966 e. The van der Waals surface area contributed by atoms with Crippen molar-refractivity contribution in [2.45, 2.75) is 12.5 Å². The molecule has 1 aliphatic heterocycles. The van der Waals surface area contributed by atoms with E-state index < -0.39 is 0 Å². The Balaban J connectivity index is 1.35. The van der Waals surface area contributed by atoms with Gasteiger partial charge in [-0.05, 0) is 53.8 Å². The van der Waals surface area contributed by atoms with Gasteiger partial charge in [-0.15, -0.1) is 0 Å². The number of hydrogen-bond donors (Lipinski definition) is 1. The molecule has 5 aromatic rings. The summed E-state index contributed by atoms with van der Waals surface area (Å²) >= 11 is 0. The lowest BCUT2D eigenvalue weighted by atomic mass is 10.0. The second-order valence-corrected chi connectivity index (χ2v) is 8.44. The van der Waals surface area contributed by atoms with Crippen LogP contribution in [0.1, 0.15) is 6.42 Å². The Bertz CT molecular complexity index is 1410. The van der Waals surface area contributed by atoms with E-state index in [2.05, 4.69) is 85.4 Å². The lowest BCUT2D eigenvalue weighted by Gasteiger charge is -2.19. The Labute approximate surface area is 186 Å². The number of aryl methyl sites for hydroxylation is 1. The van der Waals surface area contributed by atoms with Crippen LogP contribution in [-0.2, 0) is 7.05 Å². The zero-order valence-electron chi connectivity index (χ0n) is 17.9. The van der Waals surface area contributed by atoms with Gasteiger partial charge < -0.3 is 14.8 Å². The van der Waals surface area contributed by atoms with E-state index in [0.717, 1.165) is 47.4 Å². The Morgan fingerprint density at radius 1 is 1.00 bits per heavy atom. The monoisotopic (exact) mass is 420 g/mol.